The smallest absolute Gasteiger partial charge is 0.0556 e. The molecule has 1 fully saturated rings. The zero-order valence-electron chi connectivity index (χ0n) is 10.8. The van der Waals surface area contributed by atoms with Crippen molar-refractivity contribution in [2.75, 3.05) is 31.1 Å². The third kappa shape index (κ3) is 3.46. The number of benzene rings is 1. The summed E-state index contributed by atoms with van der Waals surface area (Å²) in [7, 11) is 0. The van der Waals surface area contributed by atoms with Gasteiger partial charge >= 0.3 is 0 Å². The molecule has 18 heavy (non-hydrogen) atoms. The third-order valence-electron chi connectivity index (χ3n) is 3.47. The molecule has 1 aliphatic heterocycles. The Morgan fingerprint density at radius 1 is 1.50 bits per heavy atom. The first-order valence-corrected chi connectivity index (χ1v) is 7.35. The van der Waals surface area contributed by atoms with Gasteiger partial charge in [0.15, 0.2) is 0 Å². The summed E-state index contributed by atoms with van der Waals surface area (Å²) in [5.41, 5.74) is 2.64. The van der Waals surface area contributed by atoms with E-state index >= 15 is 0 Å². The number of hydrogen-bond donors (Lipinski definition) is 2. The normalized spacial score (nSPS) is 20.2. The summed E-state index contributed by atoms with van der Waals surface area (Å²) in [6.07, 6.45) is 2.41. The molecular weight excluding hydrogens is 292 g/mol. The minimum absolute atomic E-state index is 0.216. The van der Waals surface area contributed by atoms with Crippen molar-refractivity contribution in [3.05, 3.63) is 28.2 Å². The largest absolute Gasteiger partial charge is 0.395 e. The monoisotopic (exact) mass is 312 g/mol. The Balaban J connectivity index is 2.03. The molecule has 0 aliphatic carbocycles. The summed E-state index contributed by atoms with van der Waals surface area (Å²) < 4.78 is 1.13. The SMILES string of the molecule is Cc1cc(Br)ccc1N1CCCC(NCCO)C1. The van der Waals surface area contributed by atoms with E-state index in [1.165, 1.54) is 24.1 Å². The molecule has 3 nitrogen and oxygen atoms in total. The number of hydrogen-bond acceptors (Lipinski definition) is 3. The number of aliphatic hydroxyl groups excluding tert-OH is 1. The Morgan fingerprint density at radius 3 is 3.06 bits per heavy atom. The van der Waals surface area contributed by atoms with Crippen LogP contribution in [-0.4, -0.2) is 37.4 Å². The average Bonchev–Trinajstić information content (AvgIpc) is 2.36. The molecule has 0 amide bonds. The summed E-state index contributed by atoms with van der Waals surface area (Å²) >= 11 is 3.51. The van der Waals surface area contributed by atoms with E-state index in [9.17, 15) is 0 Å². The highest BCUT2D eigenvalue weighted by atomic mass is 79.9. The summed E-state index contributed by atoms with van der Waals surface area (Å²) in [5, 5.41) is 12.3. The molecule has 0 radical (unpaired) electrons. The molecule has 1 aromatic carbocycles. The highest BCUT2D eigenvalue weighted by molar-refractivity contribution is 9.10. The maximum atomic E-state index is 8.87. The van der Waals surface area contributed by atoms with Crippen LogP contribution >= 0.6 is 15.9 Å². The van der Waals surface area contributed by atoms with E-state index in [1.807, 2.05) is 0 Å². The molecule has 0 spiro atoms. The van der Waals surface area contributed by atoms with E-state index in [4.69, 9.17) is 5.11 Å². The summed E-state index contributed by atoms with van der Waals surface area (Å²) in [6, 6.07) is 6.95. The van der Waals surface area contributed by atoms with Crippen molar-refractivity contribution in [1.82, 2.24) is 5.32 Å². The lowest BCUT2D eigenvalue weighted by atomic mass is 10.0. The zero-order valence-corrected chi connectivity index (χ0v) is 12.4. The molecule has 1 aliphatic rings. The van der Waals surface area contributed by atoms with E-state index < -0.39 is 0 Å². The van der Waals surface area contributed by atoms with Gasteiger partial charge < -0.3 is 15.3 Å². The second kappa shape index (κ2) is 6.55. The predicted molar refractivity (Wildman–Crippen MR) is 79.2 cm³/mol. The van der Waals surface area contributed by atoms with Gasteiger partial charge in [0.1, 0.15) is 0 Å². The number of halogens is 1. The lowest BCUT2D eigenvalue weighted by Gasteiger charge is -2.35. The molecule has 2 rings (SSSR count). The Hall–Kier alpha value is -0.580. The summed E-state index contributed by atoms with van der Waals surface area (Å²) in [6.45, 7) is 5.22. The van der Waals surface area contributed by atoms with Crippen molar-refractivity contribution < 1.29 is 5.11 Å². The van der Waals surface area contributed by atoms with Crippen LogP contribution in [0.1, 0.15) is 18.4 Å². The lowest BCUT2D eigenvalue weighted by Crippen LogP contribution is -2.46. The van der Waals surface area contributed by atoms with Crippen molar-refractivity contribution >= 4 is 21.6 Å². The number of nitrogens with zero attached hydrogens (tertiary/aromatic N) is 1. The molecule has 4 heteroatoms. The first kappa shape index (κ1) is 13.8. The molecule has 0 saturated carbocycles. The lowest BCUT2D eigenvalue weighted by molar-refractivity contribution is 0.278. The maximum absolute atomic E-state index is 8.87. The molecule has 2 N–H and O–H groups in total. The first-order chi connectivity index (χ1) is 8.70. The molecule has 1 atom stereocenters. The second-order valence-corrected chi connectivity index (χ2v) is 5.81. The van der Waals surface area contributed by atoms with Gasteiger partial charge in [-0.1, -0.05) is 15.9 Å². The zero-order chi connectivity index (χ0) is 13.0. The van der Waals surface area contributed by atoms with Crippen LogP contribution in [0.15, 0.2) is 22.7 Å². The van der Waals surface area contributed by atoms with E-state index in [-0.39, 0.29) is 6.61 Å². The van der Waals surface area contributed by atoms with Crippen molar-refractivity contribution in [2.24, 2.45) is 0 Å². The Kier molecular flexibility index (Phi) is 5.03. The molecule has 1 unspecified atom stereocenters. The van der Waals surface area contributed by atoms with Gasteiger partial charge in [0.05, 0.1) is 6.61 Å². The van der Waals surface area contributed by atoms with Crippen molar-refractivity contribution in [1.29, 1.82) is 0 Å². The maximum Gasteiger partial charge on any atom is 0.0556 e. The fourth-order valence-corrected chi connectivity index (χ4v) is 3.08. The van der Waals surface area contributed by atoms with Crippen LogP contribution in [0, 0.1) is 6.92 Å². The van der Waals surface area contributed by atoms with Gasteiger partial charge in [-0.05, 0) is 43.5 Å². The van der Waals surface area contributed by atoms with Crippen molar-refractivity contribution in [3.63, 3.8) is 0 Å². The van der Waals surface area contributed by atoms with Crippen molar-refractivity contribution in [2.45, 2.75) is 25.8 Å². The van der Waals surface area contributed by atoms with Gasteiger partial charge in [0, 0.05) is 35.8 Å². The number of aryl methyl sites for hydroxylation is 1. The van der Waals surface area contributed by atoms with Crippen LogP contribution < -0.4 is 10.2 Å². The number of anilines is 1. The number of aliphatic hydroxyl groups is 1. The first-order valence-electron chi connectivity index (χ1n) is 6.56. The van der Waals surface area contributed by atoms with Gasteiger partial charge in [-0.25, -0.2) is 0 Å². The Bertz CT molecular complexity index is 397. The average molecular weight is 313 g/mol. The molecular formula is C14H21BrN2O. The number of rotatable bonds is 4. The van der Waals surface area contributed by atoms with E-state index in [0.29, 0.717) is 12.6 Å². The Labute approximate surface area is 117 Å². The molecule has 1 saturated heterocycles. The van der Waals surface area contributed by atoms with Crippen LogP contribution in [-0.2, 0) is 0 Å². The molecule has 1 heterocycles. The van der Waals surface area contributed by atoms with Gasteiger partial charge in [0.2, 0.25) is 0 Å². The van der Waals surface area contributed by atoms with Crippen LogP contribution in [0.5, 0.6) is 0 Å². The molecule has 100 valence electrons. The fraction of sp³-hybridized carbons (Fsp3) is 0.571. The van der Waals surface area contributed by atoms with E-state index in [0.717, 1.165) is 17.6 Å². The molecule has 0 bridgehead atoms. The van der Waals surface area contributed by atoms with Crippen LogP contribution in [0.25, 0.3) is 0 Å². The van der Waals surface area contributed by atoms with Gasteiger partial charge in [-0.2, -0.15) is 0 Å². The van der Waals surface area contributed by atoms with E-state index in [1.54, 1.807) is 0 Å². The predicted octanol–water partition coefficient (Wildman–Crippen LogP) is 2.31. The standard InChI is InChI=1S/C14H21BrN2O/c1-11-9-12(15)4-5-14(11)17-7-2-3-13(10-17)16-6-8-18/h4-5,9,13,16,18H,2-3,6-8,10H2,1H3. The fourth-order valence-electron chi connectivity index (χ4n) is 2.60. The van der Waals surface area contributed by atoms with Gasteiger partial charge in [-0.15, -0.1) is 0 Å². The topological polar surface area (TPSA) is 35.5 Å². The van der Waals surface area contributed by atoms with Gasteiger partial charge in [-0.3, -0.25) is 0 Å². The van der Waals surface area contributed by atoms with Gasteiger partial charge in [0.25, 0.3) is 0 Å². The highest BCUT2D eigenvalue weighted by Crippen LogP contribution is 2.26. The minimum Gasteiger partial charge on any atom is -0.395 e. The third-order valence-corrected chi connectivity index (χ3v) is 3.96. The number of nitrogens with one attached hydrogen (secondary N) is 1. The van der Waals surface area contributed by atoms with E-state index in [2.05, 4.69) is 51.3 Å². The highest BCUT2D eigenvalue weighted by Gasteiger charge is 2.20. The van der Waals surface area contributed by atoms with Crippen LogP contribution in [0.2, 0.25) is 0 Å². The van der Waals surface area contributed by atoms with Crippen LogP contribution in [0.3, 0.4) is 0 Å². The molecule has 0 aromatic heterocycles. The number of piperidine rings is 1. The Morgan fingerprint density at radius 2 is 2.33 bits per heavy atom. The minimum atomic E-state index is 0.216. The summed E-state index contributed by atoms with van der Waals surface area (Å²) in [4.78, 5) is 2.44. The molecule has 1 aromatic rings. The summed E-state index contributed by atoms with van der Waals surface area (Å²) in [5.74, 6) is 0. The quantitative estimate of drug-likeness (QED) is 0.895. The van der Waals surface area contributed by atoms with Crippen LogP contribution in [0.4, 0.5) is 5.69 Å². The second-order valence-electron chi connectivity index (χ2n) is 4.89. The van der Waals surface area contributed by atoms with Crippen molar-refractivity contribution in [3.8, 4) is 0 Å².